The fraction of sp³-hybridized carbons (Fsp3) is 0.429. The largest absolute Gasteiger partial charge is 0.433 e. The second-order valence-electron chi connectivity index (χ2n) is 2.74. The minimum Gasteiger partial charge on any atom is -0.433 e. The molecule has 1 aromatic heterocycles. The van der Waals surface area contributed by atoms with Crippen molar-refractivity contribution in [2.45, 2.75) is 6.18 Å². The fourth-order valence-electron chi connectivity index (χ4n) is 0.729. The van der Waals surface area contributed by atoms with E-state index in [0.717, 1.165) is 0 Å². The predicted octanol–water partition coefficient (Wildman–Crippen LogP) is 1.12. The maximum atomic E-state index is 12.1. The first-order valence-corrected chi connectivity index (χ1v) is 3.56. The molecule has 0 bridgehead atoms. The number of halogens is 3. The van der Waals surface area contributed by atoms with Crippen molar-refractivity contribution in [1.82, 2.24) is 4.98 Å². The van der Waals surface area contributed by atoms with E-state index in [1.165, 1.54) is 19.0 Å². The molecule has 7 heteroatoms. The van der Waals surface area contributed by atoms with Gasteiger partial charge in [0, 0.05) is 14.1 Å². The first kappa shape index (κ1) is 10.6. The molecule has 0 amide bonds. The maximum absolute atomic E-state index is 12.1. The Morgan fingerprint density at radius 2 is 2.00 bits per heavy atom. The summed E-state index contributed by atoms with van der Waals surface area (Å²) in [6, 6.07) is -0.164. The van der Waals surface area contributed by atoms with Crippen molar-refractivity contribution in [2.75, 3.05) is 19.0 Å². The molecule has 14 heavy (non-hydrogen) atoms. The second-order valence-corrected chi connectivity index (χ2v) is 2.74. The molecule has 0 aliphatic heterocycles. The highest BCUT2D eigenvalue weighted by Crippen LogP contribution is 2.26. The summed E-state index contributed by atoms with van der Waals surface area (Å²) in [5.74, 6) is 0. The molecule has 78 valence electrons. The van der Waals surface area contributed by atoms with Gasteiger partial charge in [-0.2, -0.15) is 18.2 Å². The number of hydrogen-bond donors (Lipinski definition) is 0. The van der Waals surface area contributed by atoms with Gasteiger partial charge in [-0.3, -0.25) is 4.79 Å². The van der Waals surface area contributed by atoms with Gasteiger partial charge in [-0.15, -0.1) is 0 Å². The third-order valence-corrected chi connectivity index (χ3v) is 1.40. The van der Waals surface area contributed by atoms with Crippen LogP contribution in [0.25, 0.3) is 0 Å². The number of alkyl halides is 3. The molecule has 0 saturated heterocycles. The summed E-state index contributed by atoms with van der Waals surface area (Å²) in [5.41, 5.74) is -2.74. The molecule has 1 aromatic rings. The molecule has 4 nitrogen and oxygen atoms in total. The average molecular weight is 208 g/mol. The van der Waals surface area contributed by atoms with Gasteiger partial charge in [0.1, 0.15) is 6.26 Å². The average Bonchev–Trinajstić information content (AvgIpc) is 2.01. The van der Waals surface area contributed by atoms with Gasteiger partial charge in [-0.05, 0) is 0 Å². The molecule has 0 radical (unpaired) electrons. The van der Waals surface area contributed by atoms with Crippen molar-refractivity contribution in [2.24, 2.45) is 0 Å². The highest BCUT2D eigenvalue weighted by atomic mass is 19.4. The Morgan fingerprint density at radius 1 is 1.43 bits per heavy atom. The van der Waals surface area contributed by atoms with E-state index in [1.54, 1.807) is 0 Å². The van der Waals surface area contributed by atoms with E-state index < -0.39 is 17.3 Å². The molecule has 0 aliphatic carbocycles. The fourth-order valence-corrected chi connectivity index (χ4v) is 0.729. The van der Waals surface area contributed by atoms with Crippen LogP contribution >= 0.6 is 0 Å². The molecule has 0 saturated carbocycles. The molecule has 0 fully saturated rings. The lowest BCUT2D eigenvalue weighted by Gasteiger charge is -2.09. The molecule has 1 rings (SSSR count). The summed E-state index contributed by atoms with van der Waals surface area (Å²) in [6.45, 7) is 0. The van der Waals surface area contributed by atoms with E-state index in [9.17, 15) is 18.0 Å². The van der Waals surface area contributed by atoms with Gasteiger partial charge in [-0.1, -0.05) is 0 Å². The monoisotopic (exact) mass is 208 g/mol. The van der Waals surface area contributed by atoms with E-state index >= 15 is 0 Å². The predicted molar refractivity (Wildman–Crippen MR) is 42.1 cm³/mol. The molecule has 0 unspecified atom stereocenters. The van der Waals surface area contributed by atoms with Gasteiger partial charge in [0.25, 0.3) is 11.6 Å². The minimum atomic E-state index is -4.72. The van der Waals surface area contributed by atoms with Gasteiger partial charge >= 0.3 is 6.18 Å². The van der Waals surface area contributed by atoms with Crippen molar-refractivity contribution in [3.63, 3.8) is 0 Å². The van der Waals surface area contributed by atoms with Crippen LogP contribution in [0.5, 0.6) is 0 Å². The van der Waals surface area contributed by atoms with Crippen LogP contribution in [-0.4, -0.2) is 19.1 Å². The van der Waals surface area contributed by atoms with Crippen LogP contribution in [0.15, 0.2) is 15.5 Å². The van der Waals surface area contributed by atoms with E-state index in [2.05, 4.69) is 9.40 Å². The quantitative estimate of drug-likeness (QED) is 0.693. The Hall–Kier alpha value is -1.53. The van der Waals surface area contributed by atoms with Crippen LogP contribution in [0.1, 0.15) is 5.56 Å². The Kier molecular flexibility index (Phi) is 2.50. The van der Waals surface area contributed by atoms with E-state index in [4.69, 9.17) is 0 Å². The Morgan fingerprint density at radius 3 is 2.36 bits per heavy atom. The maximum Gasteiger partial charge on any atom is 0.424 e. The van der Waals surface area contributed by atoms with E-state index in [0.29, 0.717) is 6.26 Å². The summed E-state index contributed by atoms with van der Waals surface area (Å²) in [6.07, 6.45) is -4.36. The Labute approximate surface area is 77.0 Å². The smallest absolute Gasteiger partial charge is 0.424 e. The molecule has 0 aliphatic rings. The standard InChI is InChI=1S/C7H7F3N2O2/c1-12(2)6-11-5(13)4(3-14-6)7(8,9)10/h3H,1-2H3. The van der Waals surface area contributed by atoms with Crippen LogP contribution in [0.3, 0.4) is 0 Å². The number of nitrogens with zero attached hydrogens (tertiary/aromatic N) is 2. The number of anilines is 1. The van der Waals surface area contributed by atoms with E-state index in [-0.39, 0.29) is 6.01 Å². The topological polar surface area (TPSA) is 46.3 Å². The number of rotatable bonds is 1. The van der Waals surface area contributed by atoms with Gasteiger partial charge in [-0.25, -0.2) is 0 Å². The van der Waals surface area contributed by atoms with Crippen molar-refractivity contribution in [3.8, 4) is 0 Å². The first-order chi connectivity index (χ1) is 6.32. The van der Waals surface area contributed by atoms with Crippen LogP contribution in [-0.2, 0) is 6.18 Å². The highest BCUT2D eigenvalue weighted by Gasteiger charge is 2.35. The molecule has 1 heterocycles. The summed E-state index contributed by atoms with van der Waals surface area (Å²) < 4.78 is 40.7. The summed E-state index contributed by atoms with van der Waals surface area (Å²) in [7, 11) is 3.00. The lowest BCUT2D eigenvalue weighted by Crippen LogP contribution is -2.23. The van der Waals surface area contributed by atoms with Crippen LogP contribution < -0.4 is 10.5 Å². The zero-order valence-corrected chi connectivity index (χ0v) is 7.42. The third-order valence-electron chi connectivity index (χ3n) is 1.40. The van der Waals surface area contributed by atoms with E-state index in [1.807, 2.05) is 0 Å². The van der Waals surface area contributed by atoms with Gasteiger partial charge in [0.2, 0.25) is 0 Å². The Balaban J connectivity index is 3.22. The summed E-state index contributed by atoms with van der Waals surface area (Å²) in [4.78, 5) is 15.3. The third kappa shape index (κ3) is 2.04. The van der Waals surface area contributed by atoms with Crippen LogP contribution in [0.2, 0.25) is 0 Å². The zero-order valence-electron chi connectivity index (χ0n) is 7.42. The van der Waals surface area contributed by atoms with Crippen molar-refractivity contribution < 1.29 is 17.6 Å². The number of hydrogen-bond acceptors (Lipinski definition) is 4. The lowest BCUT2D eigenvalue weighted by atomic mass is 10.3. The zero-order chi connectivity index (χ0) is 10.9. The second kappa shape index (κ2) is 3.32. The minimum absolute atomic E-state index is 0.164. The Bertz CT molecular complexity index is 383. The molecule has 0 spiro atoms. The van der Waals surface area contributed by atoms with Crippen molar-refractivity contribution in [3.05, 3.63) is 22.2 Å². The van der Waals surface area contributed by atoms with Crippen molar-refractivity contribution in [1.29, 1.82) is 0 Å². The lowest BCUT2D eigenvalue weighted by molar-refractivity contribution is -0.139. The molecule has 0 N–H and O–H groups in total. The van der Waals surface area contributed by atoms with Crippen molar-refractivity contribution >= 4 is 6.01 Å². The SMILES string of the molecule is CN(C)c1nc(=O)c(C(F)(F)F)co1. The van der Waals surface area contributed by atoms with Gasteiger partial charge in [0.15, 0.2) is 5.56 Å². The normalized spacial score (nSPS) is 11.5. The van der Waals surface area contributed by atoms with Gasteiger partial charge < -0.3 is 9.32 Å². The molecular formula is C7H7F3N2O2. The summed E-state index contributed by atoms with van der Waals surface area (Å²) in [5, 5.41) is 0. The molecular weight excluding hydrogens is 201 g/mol. The molecule has 0 aromatic carbocycles. The number of aromatic nitrogens is 1. The summed E-state index contributed by atoms with van der Waals surface area (Å²) >= 11 is 0. The highest BCUT2D eigenvalue weighted by molar-refractivity contribution is 5.22. The molecule has 0 atom stereocenters. The van der Waals surface area contributed by atoms with Crippen LogP contribution in [0, 0.1) is 0 Å². The first-order valence-electron chi connectivity index (χ1n) is 3.56. The van der Waals surface area contributed by atoms with Crippen LogP contribution in [0.4, 0.5) is 19.2 Å². The van der Waals surface area contributed by atoms with Gasteiger partial charge in [0.05, 0.1) is 0 Å².